The van der Waals surface area contributed by atoms with Gasteiger partial charge in [-0.15, -0.1) is 0 Å². The molecule has 0 bridgehead atoms. The van der Waals surface area contributed by atoms with Crippen LogP contribution in [0.4, 0.5) is 5.69 Å². The van der Waals surface area contributed by atoms with Crippen molar-refractivity contribution < 1.29 is 19.1 Å². The van der Waals surface area contributed by atoms with Crippen LogP contribution in [0.1, 0.15) is 23.2 Å². The number of carbonyl (C=O) groups is 3. The van der Waals surface area contributed by atoms with Gasteiger partial charge in [0, 0.05) is 23.2 Å². The molecule has 0 aliphatic heterocycles. The Labute approximate surface area is 169 Å². The van der Waals surface area contributed by atoms with Crippen LogP contribution in [-0.4, -0.2) is 24.3 Å². The molecule has 5 nitrogen and oxygen atoms in total. The summed E-state index contributed by atoms with van der Waals surface area (Å²) in [7, 11) is 0. The van der Waals surface area contributed by atoms with Crippen molar-refractivity contribution in [2.75, 3.05) is 11.9 Å². The van der Waals surface area contributed by atoms with E-state index in [0.29, 0.717) is 11.3 Å². The molecule has 0 spiro atoms. The Morgan fingerprint density at radius 2 is 1.34 bits per heavy atom. The molecule has 146 valence electrons. The van der Waals surface area contributed by atoms with E-state index in [0.717, 1.165) is 11.1 Å². The molecule has 1 N–H and O–H groups in total. The summed E-state index contributed by atoms with van der Waals surface area (Å²) in [6.45, 7) is -0.401. The number of ether oxygens (including phenoxy) is 1. The van der Waals surface area contributed by atoms with Crippen molar-refractivity contribution in [2.45, 2.75) is 12.8 Å². The molecule has 0 heterocycles. The highest BCUT2D eigenvalue weighted by atomic mass is 16.5. The van der Waals surface area contributed by atoms with Crippen LogP contribution < -0.4 is 5.32 Å². The van der Waals surface area contributed by atoms with Crippen LogP contribution in [0, 0.1) is 0 Å². The van der Waals surface area contributed by atoms with Crippen LogP contribution in [0.25, 0.3) is 11.1 Å². The zero-order chi connectivity index (χ0) is 20.5. The number of nitrogens with one attached hydrogen (secondary N) is 1. The number of rotatable bonds is 8. The summed E-state index contributed by atoms with van der Waals surface area (Å²) in [5, 5.41) is 2.77. The van der Waals surface area contributed by atoms with Gasteiger partial charge in [-0.3, -0.25) is 14.4 Å². The second-order valence-corrected chi connectivity index (χ2v) is 6.41. The summed E-state index contributed by atoms with van der Waals surface area (Å²) in [6, 6.07) is 25.8. The lowest BCUT2D eigenvalue weighted by atomic mass is 10.0. The predicted octanol–water partition coefficient (Wildman–Crippen LogP) is 4.50. The largest absolute Gasteiger partial charge is 0.456 e. The Hall–Kier alpha value is -3.73. The van der Waals surface area contributed by atoms with Gasteiger partial charge in [0.2, 0.25) is 0 Å². The lowest BCUT2D eigenvalue weighted by molar-refractivity contribution is -0.147. The zero-order valence-corrected chi connectivity index (χ0v) is 15.8. The molecule has 5 heteroatoms. The highest BCUT2D eigenvalue weighted by Crippen LogP contribution is 2.27. The van der Waals surface area contributed by atoms with Gasteiger partial charge in [0.15, 0.2) is 12.4 Å². The first-order chi connectivity index (χ1) is 14.1. The fourth-order valence-electron chi connectivity index (χ4n) is 2.85. The van der Waals surface area contributed by atoms with Crippen LogP contribution in [0.3, 0.4) is 0 Å². The Morgan fingerprint density at radius 1 is 0.724 bits per heavy atom. The first-order valence-electron chi connectivity index (χ1n) is 9.31. The maximum absolute atomic E-state index is 12.2. The third-order valence-corrected chi connectivity index (χ3v) is 4.30. The van der Waals surface area contributed by atoms with Crippen LogP contribution in [-0.2, 0) is 14.3 Å². The van der Waals surface area contributed by atoms with Crippen molar-refractivity contribution in [1.29, 1.82) is 0 Å². The quantitative estimate of drug-likeness (QED) is 0.456. The van der Waals surface area contributed by atoms with E-state index in [1.807, 2.05) is 54.6 Å². The van der Waals surface area contributed by atoms with E-state index in [1.54, 1.807) is 30.3 Å². The Kier molecular flexibility index (Phi) is 6.90. The average Bonchev–Trinajstić information content (AvgIpc) is 2.77. The summed E-state index contributed by atoms with van der Waals surface area (Å²) < 4.78 is 5.00. The zero-order valence-electron chi connectivity index (χ0n) is 15.8. The molecule has 0 radical (unpaired) electrons. The number of esters is 1. The third kappa shape index (κ3) is 5.87. The van der Waals surface area contributed by atoms with Gasteiger partial charge in [-0.05, 0) is 11.6 Å². The fourth-order valence-corrected chi connectivity index (χ4v) is 2.85. The predicted molar refractivity (Wildman–Crippen MR) is 111 cm³/mol. The lowest BCUT2D eigenvalue weighted by Gasteiger charge is -2.11. The minimum absolute atomic E-state index is 0.0430. The van der Waals surface area contributed by atoms with Gasteiger partial charge >= 0.3 is 5.97 Å². The first-order valence-corrected chi connectivity index (χ1v) is 9.31. The summed E-state index contributed by atoms with van der Waals surface area (Å²) in [5.74, 6) is -1.15. The molecule has 0 saturated carbocycles. The molecule has 0 saturated heterocycles. The standard InChI is InChI=1S/C24H21NO4/c26-22(19-11-5-2-6-12-19)15-16-24(28)29-17-23(27)25-21-14-8-7-13-20(21)18-9-3-1-4-10-18/h1-14H,15-17H2,(H,25,27). The van der Waals surface area contributed by atoms with Crippen molar-refractivity contribution in [3.63, 3.8) is 0 Å². The van der Waals surface area contributed by atoms with E-state index in [4.69, 9.17) is 4.74 Å². The first kappa shape index (κ1) is 20.0. The highest BCUT2D eigenvalue weighted by Gasteiger charge is 2.13. The Balaban J connectivity index is 1.49. The van der Waals surface area contributed by atoms with Crippen LogP contribution in [0.2, 0.25) is 0 Å². The van der Waals surface area contributed by atoms with Crippen molar-refractivity contribution in [2.24, 2.45) is 0 Å². The van der Waals surface area contributed by atoms with E-state index in [9.17, 15) is 14.4 Å². The summed E-state index contributed by atoms with van der Waals surface area (Å²) in [5.41, 5.74) is 3.04. The maximum atomic E-state index is 12.2. The number of hydrogen-bond acceptors (Lipinski definition) is 4. The number of benzene rings is 3. The minimum Gasteiger partial charge on any atom is -0.456 e. The molecule has 0 unspecified atom stereocenters. The summed E-state index contributed by atoms with van der Waals surface area (Å²) >= 11 is 0. The smallest absolute Gasteiger partial charge is 0.306 e. The molecular weight excluding hydrogens is 366 g/mol. The van der Waals surface area contributed by atoms with E-state index in [1.165, 1.54) is 0 Å². The molecule has 0 atom stereocenters. The van der Waals surface area contributed by atoms with Gasteiger partial charge in [-0.2, -0.15) is 0 Å². The van der Waals surface area contributed by atoms with Crippen LogP contribution in [0.5, 0.6) is 0 Å². The molecule has 3 aromatic rings. The number of ketones is 1. The minimum atomic E-state index is -0.583. The molecule has 3 aromatic carbocycles. The summed E-state index contributed by atoms with van der Waals surface area (Å²) in [6.07, 6.45) is -0.0249. The summed E-state index contributed by atoms with van der Waals surface area (Å²) in [4.78, 5) is 36.1. The topological polar surface area (TPSA) is 72.5 Å². The number of Topliss-reactive ketones (excluding diaryl/α,β-unsaturated/α-hetero) is 1. The van der Waals surface area contributed by atoms with Gasteiger partial charge in [0.25, 0.3) is 5.91 Å². The molecular formula is C24H21NO4. The second-order valence-electron chi connectivity index (χ2n) is 6.41. The number of hydrogen-bond donors (Lipinski definition) is 1. The number of para-hydroxylation sites is 1. The van der Waals surface area contributed by atoms with Crippen LogP contribution >= 0.6 is 0 Å². The molecule has 0 aromatic heterocycles. The van der Waals surface area contributed by atoms with Gasteiger partial charge < -0.3 is 10.1 Å². The maximum Gasteiger partial charge on any atom is 0.306 e. The molecule has 0 fully saturated rings. The molecule has 3 rings (SSSR count). The number of anilines is 1. The monoisotopic (exact) mass is 387 g/mol. The SMILES string of the molecule is O=C(COC(=O)CCC(=O)c1ccccc1)Nc1ccccc1-c1ccccc1. The molecule has 1 amide bonds. The van der Waals surface area contributed by atoms with Crippen LogP contribution in [0.15, 0.2) is 84.9 Å². The average molecular weight is 387 g/mol. The van der Waals surface area contributed by atoms with Crippen molar-refractivity contribution in [3.8, 4) is 11.1 Å². The molecule has 29 heavy (non-hydrogen) atoms. The molecule has 0 aliphatic rings. The van der Waals surface area contributed by atoms with E-state index < -0.39 is 18.5 Å². The normalized spacial score (nSPS) is 10.2. The van der Waals surface area contributed by atoms with Crippen molar-refractivity contribution in [3.05, 3.63) is 90.5 Å². The van der Waals surface area contributed by atoms with E-state index in [-0.39, 0.29) is 18.6 Å². The van der Waals surface area contributed by atoms with Gasteiger partial charge in [-0.1, -0.05) is 78.9 Å². The molecule has 0 aliphatic carbocycles. The number of carbonyl (C=O) groups excluding carboxylic acids is 3. The van der Waals surface area contributed by atoms with E-state index in [2.05, 4.69) is 5.32 Å². The van der Waals surface area contributed by atoms with Gasteiger partial charge in [-0.25, -0.2) is 0 Å². The van der Waals surface area contributed by atoms with Crippen molar-refractivity contribution in [1.82, 2.24) is 0 Å². The van der Waals surface area contributed by atoms with E-state index >= 15 is 0 Å². The lowest BCUT2D eigenvalue weighted by Crippen LogP contribution is -2.21. The fraction of sp³-hybridized carbons (Fsp3) is 0.125. The van der Waals surface area contributed by atoms with Gasteiger partial charge in [0.1, 0.15) is 0 Å². The van der Waals surface area contributed by atoms with Crippen molar-refractivity contribution >= 4 is 23.3 Å². The second kappa shape index (κ2) is 9.99. The third-order valence-electron chi connectivity index (χ3n) is 4.30. The Bertz CT molecular complexity index is 984. The Morgan fingerprint density at radius 3 is 2.07 bits per heavy atom. The number of amides is 1. The highest BCUT2D eigenvalue weighted by molar-refractivity contribution is 5.98. The van der Waals surface area contributed by atoms with Gasteiger partial charge in [0.05, 0.1) is 6.42 Å².